The van der Waals surface area contributed by atoms with Crippen molar-refractivity contribution in [2.45, 2.75) is 4.21 Å². The molecule has 2 N–H and O–H groups in total. The Kier molecular flexibility index (Phi) is 5.05. The highest BCUT2D eigenvalue weighted by atomic mass is 32.2. The van der Waals surface area contributed by atoms with Crippen molar-refractivity contribution in [2.24, 2.45) is 0 Å². The van der Waals surface area contributed by atoms with E-state index < -0.39 is 0 Å². The smallest absolute Gasteiger partial charge is 0.188 e. The summed E-state index contributed by atoms with van der Waals surface area (Å²) in [6.45, 7) is 4.14. The third kappa shape index (κ3) is 3.15. The Morgan fingerprint density at radius 2 is 2.10 bits per heavy atom. The highest BCUT2D eigenvalue weighted by Gasteiger charge is 2.23. The molecule has 2 heterocycles. The van der Waals surface area contributed by atoms with Crippen LogP contribution in [0.5, 0.6) is 0 Å². The van der Waals surface area contributed by atoms with Gasteiger partial charge in [0.1, 0.15) is 11.6 Å². The molecule has 108 valence electrons. The van der Waals surface area contributed by atoms with Crippen LogP contribution in [-0.2, 0) is 0 Å². The number of anilines is 1. The Hall–Kier alpha value is -1.07. The van der Waals surface area contributed by atoms with Crippen molar-refractivity contribution < 1.29 is 4.79 Å². The lowest BCUT2D eigenvalue weighted by molar-refractivity contribution is 0.0881. The van der Waals surface area contributed by atoms with Gasteiger partial charge in [0.2, 0.25) is 0 Å². The van der Waals surface area contributed by atoms with E-state index in [1.54, 1.807) is 0 Å². The van der Waals surface area contributed by atoms with Crippen molar-refractivity contribution in [3.8, 4) is 6.07 Å². The summed E-state index contributed by atoms with van der Waals surface area (Å²) in [6.07, 6.45) is 1.89. The highest BCUT2D eigenvalue weighted by Crippen LogP contribution is 2.36. The Bertz CT molecular complexity index is 541. The summed E-state index contributed by atoms with van der Waals surface area (Å²) < 4.78 is 0.826. The number of carbonyl (C=O) groups is 1. The second kappa shape index (κ2) is 6.59. The third-order valence-corrected chi connectivity index (χ3v) is 5.79. The first kappa shape index (κ1) is 15.3. The van der Waals surface area contributed by atoms with Crippen LogP contribution in [0, 0.1) is 11.3 Å². The Balaban J connectivity index is 2.10. The summed E-state index contributed by atoms with van der Waals surface area (Å²) in [5.74, 6) is 0.0221. The second-order valence-corrected chi connectivity index (χ2v) is 6.92. The topological polar surface area (TPSA) is 73.4 Å². The largest absolute Gasteiger partial charge is 0.396 e. The molecule has 1 saturated heterocycles. The van der Waals surface area contributed by atoms with E-state index in [1.807, 2.05) is 6.26 Å². The van der Waals surface area contributed by atoms with Gasteiger partial charge in [0, 0.05) is 26.2 Å². The molecule has 1 aromatic rings. The molecule has 0 bridgehead atoms. The van der Waals surface area contributed by atoms with Crippen molar-refractivity contribution in [1.82, 2.24) is 9.80 Å². The number of hydrogen-bond donors (Lipinski definition) is 1. The molecule has 1 aliphatic rings. The number of carbonyl (C=O) groups excluding carboxylic acids is 1. The number of nitrogens with two attached hydrogens (primary N) is 1. The van der Waals surface area contributed by atoms with Gasteiger partial charge in [-0.05, 0) is 13.3 Å². The van der Waals surface area contributed by atoms with Crippen molar-refractivity contribution >= 4 is 34.6 Å². The summed E-state index contributed by atoms with van der Waals surface area (Å²) in [6, 6.07) is 2.09. The number of ketones is 1. The molecule has 0 amide bonds. The van der Waals surface area contributed by atoms with Crippen molar-refractivity contribution in [1.29, 1.82) is 5.26 Å². The minimum Gasteiger partial charge on any atom is -0.396 e. The van der Waals surface area contributed by atoms with Gasteiger partial charge in [-0.15, -0.1) is 23.1 Å². The van der Waals surface area contributed by atoms with E-state index in [-0.39, 0.29) is 5.78 Å². The standard InChI is InChI=1S/C13H18N4OS2/c1-16-3-5-17(6-4-16)8-10(18)12-11(15)9(7-14)13(19-2)20-12/h3-6,8,15H2,1-2H3. The number of hydrogen-bond acceptors (Lipinski definition) is 7. The van der Waals surface area contributed by atoms with E-state index in [1.165, 1.54) is 23.1 Å². The van der Waals surface area contributed by atoms with Crippen LogP contribution in [0.4, 0.5) is 5.69 Å². The zero-order valence-corrected chi connectivity index (χ0v) is 13.3. The number of nitrogens with zero attached hydrogens (tertiary/aromatic N) is 3. The first-order chi connectivity index (χ1) is 9.56. The molecule has 2 rings (SSSR count). The maximum absolute atomic E-state index is 12.4. The Morgan fingerprint density at radius 1 is 1.45 bits per heavy atom. The summed E-state index contributed by atoms with van der Waals surface area (Å²) in [5.41, 5.74) is 6.74. The van der Waals surface area contributed by atoms with Gasteiger partial charge < -0.3 is 10.6 Å². The first-order valence-corrected chi connectivity index (χ1v) is 8.41. The summed E-state index contributed by atoms with van der Waals surface area (Å²) in [5, 5.41) is 9.11. The monoisotopic (exact) mass is 310 g/mol. The minimum absolute atomic E-state index is 0.0221. The average Bonchev–Trinajstić information content (AvgIpc) is 2.77. The molecule has 0 aliphatic carbocycles. The number of thiophene rings is 1. The summed E-state index contributed by atoms with van der Waals surface area (Å²) >= 11 is 2.80. The van der Waals surface area contributed by atoms with Gasteiger partial charge in [0.15, 0.2) is 5.78 Å². The zero-order valence-electron chi connectivity index (χ0n) is 11.7. The SMILES string of the molecule is CSc1sc(C(=O)CN2CCN(C)CC2)c(N)c1C#N. The molecular formula is C13H18N4OS2. The van der Waals surface area contributed by atoms with Crippen LogP contribution in [0.25, 0.3) is 0 Å². The Morgan fingerprint density at radius 3 is 2.60 bits per heavy atom. The molecule has 1 fully saturated rings. The van der Waals surface area contributed by atoms with Crippen LogP contribution in [0.2, 0.25) is 0 Å². The lowest BCUT2D eigenvalue weighted by Crippen LogP contribution is -2.46. The summed E-state index contributed by atoms with van der Waals surface area (Å²) in [4.78, 5) is 17.3. The van der Waals surface area contributed by atoms with Crippen LogP contribution in [0.1, 0.15) is 15.2 Å². The number of likely N-dealkylation sites (N-methyl/N-ethyl adjacent to an activating group) is 1. The number of nitrogen functional groups attached to an aromatic ring is 1. The van der Waals surface area contributed by atoms with Crippen molar-refractivity contribution in [3.63, 3.8) is 0 Å². The molecule has 0 atom stereocenters. The fourth-order valence-electron chi connectivity index (χ4n) is 2.16. The normalized spacial score (nSPS) is 17.1. The highest BCUT2D eigenvalue weighted by molar-refractivity contribution is 8.00. The zero-order chi connectivity index (χ0) is 14.7. The molecule has 20 heavy (non-hydrogen) atoms. The molecule has 1 aliphatic heterocycles. The van der Waals surface area contributed by atoms with Crippen LogP contribution in [-0.4, -0.2) is 61.6 Å². The lowest BCUT2D eigenvalue weighted by Gasteiger charge is -2.31. The number of piperazine rings is 1. The molecule has 0 aromatic carbocycles. The van der Waals surface area contributed by atoms with Crippen LogP contribution < -0.4 is 5.73 Å². The van der Waals surface area contributed by atoms with Gasteiger partial charge in [-0.2, -0.15) is 5.26 Å². The van der Waals surface area contributed by atoms with Gasteiger partial charge in [-0.1, -0.05) is 0 Å². The van der Waals surface area contributed by atoms with E-state index in [0.29, 0.717) is 22.7 Å². The van der Waals surface area contributed by atoms with Gasteiger partial charge >= 0.3 is 0 Å². The van der Waals surface area contributed by atoms with Crippen molar-refractivity contribution in [3.05, 3.63) is 10.4 Å². The van der Waals surface area contributed by atoms with E-state index >= 15 is 0 Å². The van der Waals surface area contributed by atoms with Crippen molar-refractivity contribution in [2.75, 3.05) is 51.8 Å². The van der Waals surface area contributed by atoms with E-state index in [9.17, 15) is 4.79 Å². The van der Waals surface area contributed by atoms with Crippen LogP contribution in [0.3, 0.4) is 0 Å². The molecule has 0 unspecified atom stereocenters. The number of nitriles is 1. The minimum atomic E-state index is 0.0221. The van der Waals surface area contributed by atoms with Crippen LogP contribution in [0.15, 0.2) is 4.21 Å². The predicted octanol–water partition coefficient (Wildman–Crippen LogP) is 1.35. The molecular weight excluding hydrogens is 292 g/mol. The fourth-order valence-corrected chi connectivity index (χ4v) is 3.94. The fraction of sp³-hybridized carbons (Fsp3) is 0.538. The molecule has 7 heteroatoms. The Labute approximate surface area is 127 Å². The van der Waals surface area contributed by atoms with E-state index in [2.05, 4.69) is 22.9 Å². The molecule has 0 saturated carbocycles. The summed E-state index contributed by atoms with van der Waals surface area (Å²) in [7, 11) is 2.08. The number of rotatable bonds is 4. The van der Waals surface area contributed by atoms with Gasteiger partial charge in [0.05, 0.1) is 21.3 Å². The number of Topliss-reactive ketones (excluding diaryl/α,β-unsaturated/α-hetero) is 1. The van der Waals surface area contributed by atoms with Gasteiger partial charge in [0.25, 0.3) is 0 Å². The average molecular weight is 310 g/mol. The predicted molar refractivity (Wildman–Crippen MR) is 83.5 cm³/mol. The van der Waals surface area contributed by atoms with Gasteiger partial charge in [-0.3, -0.25) is 9.69 Å². The third-order valence-electron chi connectivity index (χ3n) is 3.43. The molecule has 1 aromatic heterocycles. The molecule has 0 radical (unpaired) electrons. The first-order valence-electron chi connectivity index (χ1n) is 6.37. The van der Waals surface area contributed by atoms with E-state index in [4.69, 9.17) is 11.0 Å². The molecule has 5 nitrogen and oxygen atoms in total. The number of thioether (sulfide) groups is 1. The van der Waals surface area contributed by atoms with Crippen LogP contribution >= 0.6 is 23.1 Å². The van der Waals surface area contributed by atoms with Gasteiger partial charge in [-0.25, -0.2) is 0 Å². The second-order valence-electron chi connectivity index (χ2n) is 4.83. The molecule has 0 spiro atoms. The quantitative estimate of drug-likeness (QED) is 0.668. The maximum atomic E-state index is 12.4. The van der Waals surface area contributed by atoms with E-state index in [0.717, 1.165) is 30.4 Å². The maximum Gasteiger partial charge on any atom is 0.188 e. The lowest BCUT2D eigenvalue weighted by atomic mass is 10.2.